The van der Waals surface area contributed by atoms with Gasteiger partial charge in [0, 0.05) is 25.3 Å². The second-order valence-corrected chi connectivity index (χ2v) is 6.80. The number of pyridine rings is 1. The molecule has 1 fully saturated rings. The Hall–Kier alpha value is -2.19. The van der Waals surface area contributed by atoms with Crippen LogP contribution in [0.5, 0.6) is 5.88 Å². The van der Waals surface area contributed by atoms with Gasteiger partial charge in [-0.25, -0.2) is 4.98 Å². The highest BCUT2D eigenvalue weighted by Gasteiger charge is 2.35. The van der Waals surface area contributed by atoms with Crippen molar-refractivity contribution in [2.75, 3.05) is 20.8 Å². The van der Waals surface area contributed by atoms with Crippen LogP contribution < -0.4 is 15.8 Å². The zero-order chi connectivity index (χ0) is 18.7. The first kappa shape index (κ1) is 18.6. The Balaban J connectivity index is 1.75. The van der Waals surface area contributed by atoms with Crippen LogP contribution in [0.2, 0.25) is 0 Å². The number of amides is 2. The van der Waals surface area contributed by atoms with Crippen LogP contribution >= 0.6 is 0 Å². The molecule has 1 saturated carbocycles. The number of nitrogens with two attached hydrogens (primary N) is 1. The highest BCUT2D eigenvalue weighted by Crippen LogP contribution is 2.33. The first-order chi connectivity index (χ1) is 12.5. The van der Waals surface area contributed by atoms with E-state index in [-0.39, 0.29) is 25.0 Å². The largest absolute Gasteiger partial charge is 0.481 e. The van der Waals surface area contributed by atoms with Gasteiger partial charge in [0.15, 0.2) is 0 Å². The van der Waals surface area contributed by atoms with Crippen molar-refractivity contribution in [2.45, 2.75) is 50.9 Å². The standard InChI is InChI=1S/C18H26N4O4/c1-25-10-14(19)16(23)20-8-11-7-13-15(21-17(11)26-2)9-22(18(13)24)12-5-3-4-6-12/h7,12,14H,3-6,8-10,19H2,1-2H3,(H,20,23)/t14-/m1/s1. The van der Waals surface area contributed by atoms with Crippen LogP contribution in [0.4, 0.5) is 0 Å². The molecule has 2 aliphatic rings. The third-order valence-electron chi connectivity index (χ3n) is 5.05. The lowest BCUT2D eigenvalue weighted by Crippen LogP contribution is -2.43. The van der Waals surface area contributed by atoms with Crippen LogP contribution in [0.15, 0.2) is 6.07 Å². The van der Waals surface area contributed by atoms with Gasteiger partial charge in [-0.2, -0.15) is 0 Å². The number of carbonyl (C=O) groups is 2. The molecule has 3 N–H and O–H groups in total. The average Bonchev–Trinajstić information content (AvgIpc) is 3.27. The van der Waals surface area contributed by atoms with Gasteiger partial charge in [0.2, 0.25) is 11.8 Å². The molecule has 3 rings (SSSR count). The van der Waals surface area contributed by atoms with Crippen molar-refractivity contribution in [2.24, 2.45) is 5.73 Å². The normalized spacial score (nSPS) is 18.1. The summed E-state index contributed by atoms with van der Waals surface area (Å²) < 4.78 is 10.2. The van der Waals surface area contributed by atoms with Gasteiger partial charge in [0.1, 0.15) is 6.04 Å². The molecule has 0 saturated heterocycles. The number of methoxy groups -OCH3 is 2. The maximum absolute atomic E-state index is 12.8. The zero-order valence-corrected chi connectivity index (χ0v) is 15.3. The molecular formula is C18H26N4O4. The summed E-state index contributed by atoms with van der Waals surface area (Å²) in [5, 5.41) is 2.74. The smallest absolute Gasteiger partial charge is 0.256 e. The molecule has 1 atom stereocenters. The lowest BCUT2D eigenvalue weighted by atomic mass is 10.1. The quantitative estimate of drug-likeness (QED) is 0.735. The molecule has 1 aliphatic carbocycles. The molecule has 8 nitrogen and oxygen atoms in total. The number of fused-ring (bicyclic) bond motifs is 1. The molecule has 0 unspecified atom stereocenters. The molecular weight excluding hydrogens is 336 g/mol. The molecule has 8 heteroatoms. The van der Waals surface area contributed by atoms with E-state index in [1.807, 2.05) is 4.90 Å². The highest BCUT2D eigenvalue weighted by molar-refractivity contribution is 5.98. The van der Waals surface area contributed by atoms with Crippen LogP contribution in [-0.4, -0.2) is 54.6 Å². The van der Waals surface area contributed by atoms with Gasteiger partial charge >= 0.3 is 0 Å². The number of nitrogens with zero attached hydrogens (tertiary/aromatic N) is 2. The van der Waals surface area contributed by atoms with E-state index in [1.54, 1.807) is 6.07 Å². The van der Waals surface area contributed by atoms with E-state index in [4.69, 9.17) is 15.2 Å². The van der Waals surface area contributed by atoms with Gasteiger partial charge in [0.05, 0.1) is 31.5 Å². The van der Waals surface area contributed by atoms with Crippen LogP contribution in [0.1, 0.15) is 47.3 Å². The number of rotatable bonds is 7. The van der Waals surface area contributed by atoms with E-state index in [0.717, 1.165) is 18.5 Å². The van der Waals surface area contributed by atoms with E-state index < -0.39 is 6.04 Å². The van der Waals surface area contributed by atoms with Crippen molar-refractivity contribution in [3.63, 3.8) is 0 Å². The summed E-state index contributed by atoms with van der Waals surface area (Å²) >= 11 is 0. The molecule has 26 heavy (non-hydrogen) atoms. The van der Waals surface area contributed by atoms with Gasteiger partial charge < -0.3 is 25.4 Å². The summed E-state index contributed by atoms with van der Waals surface area (Å²) in [4.78, 5) is 31.2. The highest BCUT2D eigenvalue weighted by atomic mass is 16.5. The number of hydrogen-bond donors (Lipinski definition) is 2. The molecule has 2 amide bonds. The first-order valence-corrected chi connectivity index (χ1v) is 8.95. The molecule has 0 spiro atoms. The maximum atomic E-state index is 12.8. The average molecular weight is 362 g/mol. The first-order valence-electron chi connectivity index (χ1n) is 8.95. The van der Waals surface area contributed by atoms with Crippen molar-refractivity contribution in [1.29, 1.82) is 0 Å². The fourth-order valence-corrected chi connectivity index (χ4v) is 3.65. The van der Waals surface area contributed by atoms with Crippen molar-refractivity contribution >= 4 is 11.8 Å². The second kappa shape index (κ2) is 8.01. The van der Waals surface area contributed by atoms with Gasteiger partial charge in [-0.3, -0.25) is 9.59 Å². The van der Waals surface area contributed by atoms with E-state index in [1.165, 1.54) is 27.1 Å². The molecule has 1 aromatic heterocycles. The van der Waals surface area contributed by atoms with Crippen molar-refractivity contribution in [3.8, 4) is 5.88 Å². The van der Waals surface area contributed by atoms with E-state index >= 15 is 0 Å². The topological polar surface area (TPSA) is 107 Å². The van der Waals surface area contributed by atoms with Crippen LogP contribution in [0, 0.1) is 0 Å². The minimum atomic E-state index is -0.743. The third-order valence-corrected chi connectivity index (χ3v) is 5.05. The van der Waals surface area contributed by atoms with Crippen LogP contribution in [-0.2, 0) is 22.6 Å². The Bertz CT molecular complexity index is 688. The predicted octanol–water partition coefficient (Wildman–Crippen LogP) is 0.579. The van der Waals surface area contributed by atoms with Gasteiger partial charge in [0.25, 0.3) is 5.91 Å². The Morgan fingerprint density at radius 3 is 2.81 bits per heavy atom. The molecule has 2 heterocycles. The fourth-order valence-electron chi connectivity index (χ4n) is 3.65. The maximum Gasteiger partial charge on any atom is 0.256 e. The van der Waals surface area contributed by atoms with Gasteiger partial charge in [-0.15, -0.1) is 0 Å². The monoisotopic (exact) mass is 362 g/mol. The lowest BCUT2D eigenvalue weighted by Gasteiger charge is -2.22. The molecule has 142 valence electrons. The predicted molar refractivity (Wildman–Crippen MR) is 94.6 cm³/mol. The van der Waals surface area contributed by atoms with E-state index in [0.29, 0.717) is 29.6 Å². The zero-order valence-electron chi connectivity index (χ0n) is 15.3. The lowest BCUT2D eigenvalue weighted by molar-refractivity contribution is -0.123. The number of hydrogen-bond acceptors (Lipinski definition) is 6. The van der Waals surface area contributed by atoms with E-state index in [2.05, 4.69) is 10.3 Å². The molecule has 1 aliphatic heterocycles. The Kier molecular flexibility index (Phi) is 5.73. The van der Waals surface area contributed by atoms with Gasteiger partial charge in [-0.05, 0) is 18.9 Å². The van der Waals surface area contributed by atoms with Crippen molar-refractivity contribution < 1.29 is 19.1 Å². The summed E-state index contributed by atoms with van der Waals surface area (Å²) in [6.07, 6.45) is 4.44. The summed E-state index contributed by atoms with van der Waals surface area (Å²) in [5.74, 6) is 0.115. The van der Waals surface area contributed by atoms with E-state index in [9.17, 15) is 9.59 Å². The van der Waals surface area contributed by atoms with Crippen molar-refractivity contribution in [1.82, 2.24) is 15.2 Å². The second-order valence-electron chi connectivity index (χ2n) is 6.80. The number of carbonyl (C=O) groups excluding carboxylic acids is 2. The molecule has 0 aromatic carbocycles. The summed E-state index contributed by atoms with van der Waals surface area (Å²) in [6.45, 7) is 0.858. The van der Waals surface area contributed by atoms with Crippen molar-refractivity contribution in [3.05, 3.63) is 22.9 Å². The number of aromatic nitrogens is 1. The Morgan fingerprint density at radius 2 is 2.15 bits per heavy atom. The summed E-state index contributed by atoms with van der Waals surface area (Å²) in [5.41, 5.74) is 7.72. The minimum Gasteiger partial charge on any atom is -0.481 e. The summed E-state index contributed by atoms with van der Waals surface area (Å²) in [6, 6.07) is 1.34. The van der Waals surface area contributed by atoms with Crippen LogP contribution in [0.3, 0.4) is 0 Å². The van der Waals surface area contributed by atoms with Gasteiger partial charge in [-0.1, -0.05) is 12.8 Å². The molecule has 0 radical (unpaired) electrons. The number of ether oxygens (including phenoxy) is 2. The molecule has 0 bridgehead atoms. The Morgan fingerprint density at radius 1 is 1.42 bits per heavy atom. The number of nitrogens with one attached hydrogen (secondary N) is 1. The minimum absolute atomic E-state index is 0.0192. The SMILES string of the molecule is COC[C@@H](N)C(=O)NCc1cc2c(nc1OC)CN(C1CCCC1)C2=O. The third kappa shape index (κ3) is 3.66. The van der Waals surface area contributed by atoms with Crippen LogP contribution in [0.25, 0.3) is 0 Å². The fraction of sp³-hybridized carbons (Fsp3) is 0.611. The Labute approximate surface area is 153 Å². The summed E-state index contributed by atoms with van der Waals surface area (Å²) in [7, 11) is 3.02. The molecule has 1 aromatic rings.